The van der Waals surface area contributed by atoms with Crippen molar-refractivity contribution in [3.05, 3.63) is 28.9 Å². The Morgan fingerprint density at radius 2 is 2.44 bits per heavy atom. The summed E-state index contributed by atoms with van der Waals surface area (Å²) in [4.78, 5) is 1.48. The maximum absolute atomic E-state index is 10.4. The van der Waals surface area contributed by atoms with E-state index in [9.17, 15) is 5.11 Å². The van der Waals surface area contributed by atoms with Crippen molar-refractivity contribution in [2.75, 3.05) is 5.75 Å². The summed E-state index contributed by atoms with van der Waals surface area (Å²) in [5.41, 5.74) is 3.29. The normalized spacial score (nSPS) is 33.3. The molecule has 0 amide bonds. The summed E-state index contributed by atoms with van der Waals surface area (Å²) in [7, 11) is -1.01. The highest BCUT2D eigenvalue weighted by Crippen LogP contribution is 2.69. The molecular weight excluding hydrogens is 244 g/mol. The Bertz CT molecular complexity index is 546. The molecule has 1 N–H and O–H groups in total. The van der Waals surface area contributed by atoms with Crippen molar-refractivity contribution in [1.82, 2.24) is 9.78 Å². The second-order valence-corrected chi connectivity index (χ2v) is 9.01. The van der Waals surface area contributed by atoms with E-state index in [1.165, 1.54) is 16.2 Å². The monoisotopic (exact) mass is 264 g/mol. The molecule has 98 valence electrons. The third-order valence-electron chi connectivity index (χ3n) is 4.15. The average molecular weight is 264 g/mol. The summed E-state index contributed by atoms with van der Waals surface area (Å²) in [5, 5.41) is 14.8. The molecule has 2 aliphatic rings. The first-order valence-electron chi connectivity index (χ1n) is 6.47. The third-order valence-corrected chi connectivity index (χ3v) is 8.65. The molecule has 0 bridgehead atoms. The Morgan fingerprint density at radius 3 is 3.11 bits per heavy atom. The first-order valence-corrected chi connectivity index (χ1v) is 8.51. The highest BCUT2D eigenvalue weighted by atomic mass is 32.3. The van der Waals surface area contributed by atoms with Crippen LogP contribution in [-0.4, -0.2) is 26.1 Å². The van der Waals surface area contributed by atoms with Gasteiger partial charge in [-0.25, -0.2) is 4.68 Å². The van der Waals surface area contributed by atoms with Crippen LogP contribution in [0.3, 0.4) is 0 Å². The fraction of sp³-hybridized carbons (Fsp3) is 0.500. The number of rotatable bonds is 2. The minimum Gasteiger partial charge on any atom is -0.384 e. The molecule has 0 radical (unpaired) electrons. The average Bonchev–Trinajstić information content (AvgIpc) is 2.89. The van der Waals surface area contributed by atoms with E-state index in [4.69, 9.17) is 0 Å². The maximum Gasteiger partial charge on any atom is 0.0883 e. The van der Waals surface area contributed by atoms with E-state index < -0.39 is 10.0 Å². The van der Waals surface area contributed by atoms with Crippen LogP contribution in [0.4, 0.5) is 0 Å². The molecule has 0 saturated carbocycles. The van der Waals surface area contributed by atoms with Gasteiger partial charge in [-0.05, 0) is 36.5 Å². The Labute approximate surface area is 110 Å². The van der Waals surface area contributed by atoms with E-state index in [-0.39, 0.29) is 5.44 Å². The van der Waals surface area contributed by atoms with Crippen molar-refractivity contribution < 1.29 is 5.11 Å². The Kier molecular flexibility index (Phi) is 2.68. The van der Waals surface area contributed by atoms with E-state index in [1.54, 1.807) is 0 Å². The van der Waals surface area contributed by atoms with Crippen molar-refractivity contribution in [2.45, 2.75) is 37.9 Å². The molecule has 18 heavy (non-hydrogen) atoms. The number of aromatic nitrogens is 2. The first kappa shape index (κ1) is 12.1. The van der Waals surface area contributed by atoms with E-state index in [1.807, 2.05) is 17.8 Å². The molecule has 3 heterocycles. The lowest BCUT2D eigenvalue weighted by Crippen LogP contribution is -2.19. The van der Waals surface area contributed by atoms with Gasteiger partial charge in [0.2, 0.25) is 0 Å². The molecule has 3 rings (SSSR count). The molecule has 1 saturated heterocycles. The Hall–Kier alpha value is -1.00. The van der Waals surface area contributed by atoms with Gasteiger partial charge in [-0.15, -0.1) is 0 Å². The number of aliphatic hydroxyl groups excluding tert-OH is 1. The molecule has 2 aliphatic heterocycles. The quantitative estimate of drug-likeness (QED) is 0.891. The standard InChI is InChI=1S/C14H20N2OS/c1-4-18-9-11-8-15-16(10(2)3)13(11)7-12(18)5-6-14(18)17/h7-8,14,17H,2,4-6,9H2,1,3H3. The lowest BCUT2D eigenvalue weighted by Gasteiger charge is -2.42. The van der Waals surface area contributed by atoms with E-state index in [0.717, 1.165) is 30.0 Å². The van der Waals surface area contributed by atoms with Gasteiger partial charge in [0.25, 0.3) is 0 Å². The number of fused-ring (bicyclic) bond motifs is 2. The second-order valence-electron chi connectivity index (χ2n) is 5.18. The summed E-state index contributed by atoms with van der Waals surface area (Å²) in [6.07, 6.45) is 6.20. The van der Waals surface area contributed by atoms with Crippen LogP contribution < -0.4 is 0 Å². The van der Waals surface area contributed by atoms with Gasteiger partial charge in [-0.3, -0.25) is 0 Å². The van der Waals surface area contributed by atoms with Gasteiger partial charge in [0.1, 0.15) is 0 Å². The predicted molar refractivity (Wildman–Crippen MR) is 78.3 cm³/mol. The largest absolute Gasteiger partial charge is 0.384 e. The maximum atomic E-state index is 10.4. The Morgan fingerprint density at radius 1 is 1.67 bits per heavy atom. The zero-order valence-electron chi connectivity index (χ0n) is 11.0. The number of hydrogen-bond acceptors (Lipinski definition) is 2. The van der Waals surface area contributed by atoms with Crippen LogP contribution >= 0.6 is 10.0 Å². The molecule has 0 aliphatic carbocycles. The molecule has 2 unspecified atom stereocenters. The molecule has 4 heteroatoms. The summed E-state index contributed by atoms with van der Waals surface area (Å²) in [6.45, 7) is 8.16. The lowest BCUT2D eigenvalue weighted by molar-refractivity contribution is 0.256. The Balaban J connectivity index is 2.13. The first-order chi connectivity index (χ1) is 8.58. The summed E-state index contributed by atoms with van der Waals surface area (Å²) < 4.78 is 1.92. The summed E-state index contributed by atoms with van der Waals surface area (Å²) in [5.74, 6) is 2.08. The molecule has 1 fully saturated rings. The van der Waals surface area contributed by atoms with Crippen molar-refractivity contribution in [2.24, 2.45) is 0 Å². The van der Waals surface area contributed by atoms with Crippen LogP contribution in [0.2, 0.25) is 0 Å². The van der Waals surface area contributed by atoms with Crippen LogP contribution in [0.15, 0.2) is 17.7 Å². The topological polar surface area (TPSA) is 38.0 Å². The van der Waals surface area contributed by atoms with E-state index in [2.05, 4.69) is 24.7 Å². The zero-order chi connectivity index (χ0) is 12.9. The van der Waals surface area contributed by atoms with Crippen LogP contribution in [0.1, 0.15) is 37.9 Å². The van der Waals surface area contributed by atoms with E-state index in [0.29, 0.717) is 0 Å². The number of aliphatic hydroxyl groups is 1. The minimum atomic E-state index is -1.01. The van der Waals surface area contributed by atoms with Gasteiger partial charge in [-0.1, -0.05) is 13.5 Å². The number of nitrogens with zero attached hydrogens (tertiary/aromatic N) is 2. The van der Waals surface area contributed by atoms with Crippen molar-refractivity contribution >= 4 is 21.8 Å². The SMILES string of the molecule is C=C(C)n1ncc2c1C=C1CCC(O)S1(CC)C2. The van der Waals surface area contributed by atoms with Gasteiger partial charge in [0.15, 0.2) is 0 Å². The summed E-state index contributed by atoms with van der Waals surface area (Å²) in [6, 6.07) is 0. The van der Waals surface area contributed by atoms with Crippen LogP contribution in [0.5, 0.6) is 0 Å². The number of hydrogen-bond donors (Lipinski definition) is 1. The van der Waals surface area contributed by atoms with Crippen molar-refractivity contribution in [1.29, 1.82) is 0 Å². The number of allylic oxidation sites excluding steroid dienone is 2. The third kappa shape index (κ3) is 1.45. The fourth-order valence-corrected chi connectivity index (χ4v) is 7.02. The molecule has 3 nitrogen and oxygen atoms in total. The molecule has 2 atom stereocenters. The molecule has 0 aromatic carbocycles. The highest BCUT2D eigenvalue weighted by Gasteiger charge is 2.42. The lowest BCUT2D eigenvalue weighted by atomic mass is 10.2. The van der Waals surface area contributed by atoms with Crippen LogP contribution in [-0.2, 0) is 5.75 Å². The van der Waals surface area contributed by atoms with Gasteiger partial charge in [0.05, 0.1) is 17.3 Å². The molecular formula is C14H20N2OS. The van der Waals surface area contributed by atoms with Gasteiger partial charge in [0, 0.05) is 17.0 Å². The van der Waals surface area contributed by atoms with Crippen molar-refractivity contribution in [3.63, 3.8) is 0 Å². The van der Waals surface area contributed by atoms with Gasteiger partial charge < -0.3 is 5.11 Å². The van der Waals surface area contributed by atoms with Gasteiger partial charge >= 0.3 is 0 Å². The zero-order valence-corrected chi connectivity index (χ0v) is 11.8. The summed E-state index contributed by atoms with van der Waals surface area (Å²) >= 11 is 0. The minimum absolute atomic E-state index is 0.116. The highest BCUT2D eigenvalue weighted by molar-refractivity contribution is 8.36. The fourth-order valence-electron chi connectivity index (χ4n) is 3.12. The van der Waals surface area contributed by atoms with Gasteiger partial charge in [-0.2, -0.15) is 15.1 Å². The second kappa shape index (κ2) is 4.00. The van der Waals surface area contributed by atoms with E-state index >= 15 is 0 Å². The van der Waals surface area contributed by atoms with Crippen LogP contribution in [0, 0.1) is 0 Å². The van der Waals surface area contributed by atoms with Crippen LogP contribution in [0.25, 0.3) is 11.8 Å². The van der Waals surface area contributed by atoms with Crippen molar-refractivity contribution in [3.8, 4) is 0 Å². The molecule has 0 spiro atoms. The molecule has 1 aromatic rings. The predicted octanol–water partition coefficient (Wildman–Crippen LogP) is 3.16. The smallest absolute Gasteiger partial charge is 0.0883 e. The molecule has 1 aromatic heterocycles.